The van der Waals surface area contributed by atoms with Crippen molar-refractivity contribution in [1.29, 1.82) is 0 Å². The molecule has 0 atom stereocenters. The summed E-state index contributed by atoms with van der Waals surface area (Å²) in [6.07, 6.45) is 5.61. The summed E-state index contributed by atoms with van der Waals surface area (Å²) in [7, 11) is -0.689. The average Bonchev–Trinajstić information content (AvgIpc) is 2.79. The van der Waals surface area contributed by atoms with Crippen LogP contribution < -0.4 is 0 Å². The van der Waals surface area contributed by atoms with Gasteiger partial charge in [0, 0.05) is 37.7 Å². The minimum Gasteiger partial charge on any atom is -0.379 e. The molecule has 2 heterocycles. The summed E-state index contributed by atoms with van der Waals surface area (Å²) in [5.74, 6) is 0. The Labute approximate surface area is 130 Å². The van der Waals surface area contributed by atoms with Gasteiger partial charge in [0.1, 0.15) is 5.52 Å². The van der Waals surface area contributed by atoms with Crippen LogP contribution in [0.25, 0.3) is 10.9 Å². The number of halogens is 1. The minimum atomic E-state index is -0.689. The molecule has 110 valence electrons. The maximum Gasteiger partial charge on any atom is 0.112 e. The first-order chi connectivity index (χ1) is 9.40. The van der Waals surface area contributed by atoms with Gasteiger partial charge >= 0.3 is 0 Å². The Morgan fingerprint density at radius 3 is 2.75 bits per heavy atom. The molecule has 0 aromatic carbocycles. The Morgan fingerprint density at radius 1 is 1.35 bits per heavy atom. The number of hydrogen-bond acceptors (Lipinski definition) is 3. The van der Waals surface area contributed by atoms with Crippen LogP contribution in [0.15, 0.2) is 23.1 Å². The van der Waals surface area contributed by atoms with Gasteiger partial charge in [-0.1, -0.05) is 26.9 Å². The predicted molar refractivity (Wildman–Crippen MR) is 89.0 cm³/mol. The number of hydrogen-bond donors (Lipinski definition) is 0. The van der Waals surface area contributed by atoms with Crippen LogP contribution in [-0.2, 0) is 11.3 Å². The van der Waals surface area contributed by atoms with Gasteiger partial charge in [-0.05, 0) is 21.0 Å². The Morgan fingerprint density at radius 2 is 2.10 bits per heavy atom. The molecular formula is C14H22BrN3OSi. The van der Waals surface area contributed by atoms with Crippen molar-refractivity contribution < 1.29 is 4.74 Å². The van der Waals surface area contributed by atoms with E-state index in [-0.39, 0.29) is 0 Å². The van der Waals surface area contributed by atoms with Crippen LogP contribution in [0, 0.1) is 0 Å². The molecule has 0 aliphatic heterocycles. The van der Waals surface area contributed by atoms with Gasteiger partial charge in [-0.15, -0.1) is 0 Å². The molecule has 0 fully saturated rings. The molecule has 0 unspecified atom stereocenters. The van der Waals surface area contributed by atoms with E-state index >= 15 is 0 Å². The molecule has 0 radical (unpaired) electrons. The third-order valence-corrected chi connectivity index (χ3v) is 7.86. The zero-order valence-electron chi connectivity index (χ0n) is 12.6. The predicted octanol–water partition coefficient (Wildman–Crippen LogP) is 3.48. The number of fused-ring (bicyclic) bond motifs is 1. The first-order valence-corrected chi connectivity index (χ1v) is 10.6. The second kappa shape index (κ2) is 6.36. The SMILES string of the molecule is C[SiH](C)C(C)(C)COCCn1cc2c(Br)cncc2n1. The number of rotatable bonds is 6. The molecule has 20 heavy (non-hydrogen) atoms. The van der Waals surface area contributed by atoms with E-state index in [1.54, 1.807) is 12.4 Å². The molecule has 0 spiro atoms. The quantitative estimate of drug-likeness (QED) is 0.588. The Bertz CT molecular complexity index is 583. The molecule has 2 aromatic rings. The monoisotopic (exact) mass is 355 g/mol. The van der Waals surface area contributed by atoms with Gasteiger partial charge in [-0.25, -0.2) is 0 Å². The first-order valence-electron chi connectivity index (χ1n) is 6.94. The lowest BCUT2D eigenvalue weighted by molar-refractivity contribution is 0.104. The second-order valence-corrected chi connectivity index (χ2v) is 10.9. The van der Waals surface area contributed by atoms with Crippen molar-refractivity contribution in [2.75, 3.05) is 13.2 Å². The number of nitrogens with zero attached hydrogens (tertiary/aromatic N) is 3. The molecule has 0 saturated heterocycles. The standard InChI is InChI=1S/C14H22BrN3OSi/c1-14(2,20(3)4)10-19-6-5-18-9-11-12(15)7-16-8-13(11)17-18/h7-9,20H,5-6,10H2,1-4H3. The zero-order chi connectivity index (χ0) is 14.8. The fourth-order valence-electron chi connectivity index (χ4n) is 1.73. The second-order valence-electron chi connectivity index (χ2n) is 6.14. The van der Waals surface area contributed by atoms with Crippen LogP contribution in [0.2, 0.25) is 18.1 Å². The highest BCUT2D eigenvalue weighted by molar-refractivity contribution is 9.10. The third-order valence-electron chi connectivity index (χ3n) is 3.93. The average molecular weight is 356 g/mol. The van der Waals surface area contributed by atoms with Gasteiger partial charge in [0.25, 0.3) is 0 Å². The van der Waals surface area contributed by atoms with Crippen LogP contribution in [0.1, 0.15) is 13.8 Å². The molecule has 0 aliphatic rings. The van der Waals surface area contributed by atoms with Gasteiger partial charge in [0.2, 0.25) is 0 Å². The lowest BCUT2D eigenvalue weighted by Crippen LogP contribution is -2.27. The molecule has 2 aromatic heterocycles. The van der Waals surface area contributed by atoms with Crippen molar-refractivity contribution in [3.8, 4) is 0 Å². The fourth-order valence-corrected chi connectivity index (χ4v) is 2.61. The lowest BCUT2D eigenvalue weighted by Gasteiger charge is -2.27. The highest BCUT2D eigenvalue weighted by Gasteiger charge is 2.23. The van der Waals surface area contributed by atoms with Gasteiger partial charge in [-0.3, -0.25) is 9.67 Å². The molecule has 0 aliphatic carbocycles. The van der Waals surface area contributed by atoms with Crippen molar-refractivity contribution in [3.63, 3.8) is 0 Å². The molecular weight excluding hydrogens is 334 g/mol. The summed E-state index contributed by atoms with van der Waals surface area (Å²) in [5.41, 5.74) is 0.911. The summed E-state index contributed by atoms with van der Waals surface area (Å²) in [5, 5.41) is 5.94. The smallest absolute Gasteiger partial charge is 0.112 e. The molecule has 6 heteroatoms. The van der Waals surface area contributed by atoms with E-state index in [2.05, 4.69) is 53.0 Å². The first kappa shape index (κ1) is 15.7. The molecule has 0 saturated carbocycles. The summed E-state index contributed by atoms with van der Waals surface area (Å²) in [4.78, 5) is 4.12. The molecule has 0 N–H and O–H groups in total. The van der Waals surface area contributed by atoms with Gasteiger partial charge in [0.15, 0.2) is 0 Å². The summed E-state index contributed by atoms with van der Waals surface area (Å²) >= 11 is 3.49. The Kier molecular flexibility index (Phi) is 4.98. The van der Waals surface area contributed by atoms with Crippen LogP contribution >= 0.6 is 15.9 Å². The molecule has 4 nitrogen and oxygen atoms in total. The van der Waals surface area contributed by atoms with Crippen LogP contribution in [0.4, 0.5) is 0 Å². The number of pyridine rings is 1. The molecule has 2 rings (SSSR count). The van der Waals surface area contributed by atoms with Gasteiger partial charge in [0.05, 0.1) is 19.3 Å². The zero-order valence-corrected chi connectivity index (χ0v) is 15.3. The van der Waals surface area contributed by atoms with E-state index in [9.17, 15) is 0 Å². The highest BCUT2D eigenvalue weighted by Crippen LogP contribution is 2.28. The Hall–Kier alpha value is -0.723. The van der Waals surface area contributed by atoms with E-state index in [0.29, 0.717) is 11.6 Å². The maximum absolute atomic E-state index is 5.84. The van der Waals surface area contributed by atoms with E-state index in [1.165, 1.54) is 0 Å². The number of ether oxygens (including phenoxy) is 1. The van der Waals surface area contributed by atoms with E-state index < -0.39 is 8.80 Å². The molecule has 0 amide bonds. The van der Waals surface area contributed by atoms with Crippen molar-refractivity contribution in [1.82, 2.24) is 14.8 Å². The topological polar surface area (TPSA) is 39.9 Å². The lowest BCUT2D eigenvalue weighted by atomic mass is 10.2. The number of aromatic nitrogens is 3. The van der Waals surface area contributed by atoms with Crippen molar-refractivity contribution >= 4 is 35.6 Å². The van der Waals surface area contributed by atoms with Crippen molar-refractivity contribution in [2.24, 2.45) is 0 Å². The van der Waals surface area contributed by atoms with E-state index in [4.69, 9.17) is 4.74 Å². The van der Waals surface area contributed by atoms with Crippen LogP contribution in [0.5, 0.6) is 0 Å². The van der Waals surface area contributed by atoms with Gasteiger partial charge in [-0.2, -0.15) is 5.10 Å². The largest absolute Gasteiger partial charge is 0.379 e. The third kappa shape index (κ3) is 3.68. The fraction of sp³-hybridized carbons (Fsp3) is 0.571. The van der Waals surface area contributed by atoms with E-state index in [0.717, 1.165) is 28.5 Å². The highest BCUT2D eigenvalue weighted by atomic mass is 79.9. The van der Waals surface area contributed by atoms with Crippen molar-refractivity contribution in [3.05, 3.63) is 23.1 Å². The van der Waals surface area contributed by atoms with Crippen molar-refractivity contribution in [2.45, 2.75) is 38.5 Å². The van der Waals surface area contributed by atoms with E-state index in [1.807, 2.05) is 10.9 Å². The maximum atomic E-state index is 5.84. The van der Waals surface area contributed by atoms with Crippen LogP contribution in [-0.4, -0.2) is 36.8 Å². The summed E-state index contributed by atoms with van der Waals surface area (Å²) < 4.78 is 8.74. The minimum absolute atomic E-state index is 0.349. The van der Waals surface area contributed by atoms with Gasteiger partial charge < -0.3 is 4.74 Å². The Balaban J connectivity index is 1.89. The molecule has 0 bridgehead atoms. The van der Waals surface area contributed by atoms with Crippen LogP contribution in [0.3, 0.4) is 0 Å². The summed E-state index contributed by atoms with van der Waals surface area (Å²) in [6.45, 7) is 11.6. The normalized spacial score (nSPS) is 12.5. The summed E-state index contributed by atoms with van der Waals surface area (Å²) in [6, 6.07) is 0.